The number of halogens is 2. The van der Waals surface area contributed by atoms with E-state index in [9.17, 15) is 4.79 Å². The Kier molecular flexibility index (Phi) is 4.50. The summed E-state index contributed by atoms with van der Waals surface area (Å²) in [5.41, 5.74) is 6.05. The van der Waals surface area contributed by atoms with Gasteiger partial charge in [-0.3, -0.25) is 4.79 Å². The van der Waals surface area contributed by atoms with Crippen LogP contribution in [-0.4, -0.2) is 28.5 Å². The normalized spacial score (nSPS) is 18.4. The Morgan fingerprint density at radius 2 is 2.00 bits per heavy atom. The van der Waals surface area contributed by atoms with Crippen LogP contribution in [0, 0.1) is 0 Å². The molecule has 102 valence electrons. The zero-order valence-electron chi connectivity index (χ0n) is 10.0. The molecule has 0 aliphatic carbocycles. The van der Waals surface area contributed by atoms with E-state index >= 15 is 0 Å². The van der Waals surface area contributed by atoms with Crippen molar-refractivity contribution in [2.75, 3.05) is 11.9 Å². The Bertz CT molecular complexity index is 503. The quantitative estimate of drug-likeness (QED) is 0.823. The van der Waals surface area contributed by atoms with Crippen molar-refractivity contribution in [1.82, 2.24) is 4.90 Å². The highest BCUT2D eigenvalue weighted by Gasteiger charge is 2.30. The third-order valence-corrected chi connectivity index (χ3v) is 3.73. The van der Waals surface area contributed by atoms with Crippen molar-refractivity contribution in [3.63, 3.8) is 0 Å². The summed E-state index contributed by atoms with van der Waals surface area (Å²) >= 11 is 17.1. The molecule has 1 heterocycles. The maximum Gasteiger partial charge on any atom is 0.240 e. The van der Waals surface area contributed by atoms with Gasteiger partial charge in [0.2, 0.25) is 5.91 Å². The van der Waals surface area contributed by atoms with Gasteiger partial charge in [0.15, 0.2) is 5.11 Å². The fraction of sp³-hybridized carbons (Fsp3) is 0.333. The zero-order chi connectivity index (χ0) is 14.0. The molecule has 7 heteroatoms. The lowest BCUT2D eigenvalue weighted by molar-refractivity contribution is -0.121. The standard InChI is InChI=1S/C12H13Cl2N3OS/c13-7-4-8(14)6-9(5-7)16-12(19)17-3-1-2-10(17)11(15)18/h4-6,10H,1-3H2,(H2,15,18)(H,16,19)/t10-/m1/s1. The Morgan fingerprint density at radius 1 is 1.37 bits per heavy atom. The van der Waals surface area contributed by atoms with E-state index in [4.69, 9.17) is 41.2 Å². The number of nitrogens with two attached hydrogens (primary N) is 1. The number of carbonyl (C=O) groups is 1. The van der Waals surface area contributed by atoms with Gasteiger partial charge in [-0.05, 0) is 43.3 Å². The van der Waals surface area contributed by atoms with Crippen LogP contribution in [0.4, 0.5) is 5.69 Å². The highest BCUT2D eigenvalue weighted by atomic mass is 35.5. The summed E-state index contributed by atoms with van der Waals surface area (Å²) in [6.45, 7) is 0.716. The number of primary amides is 1. The molecule has 1 saturated heterocycles. The number of nitrogens with zero attached hydrogens (tertiary/aromatic N) is 1. The van der Waals surface area contributed by atoms with E-state index in [2.05, 4.69) is 5.32 Å². The molecule has 1 aromatic rings. The molecule has 0 spiro atoms. The lowest BCUT2D eigenvalue weighted by Gasteiger charge is -2.25. The van der Waals surface area contributed by atoms with Crippen molar-refractivity contribution in [2.45, 2.75) is 18.9 Å². The van der Waals surface area contributed by atoms with Gasteiger partial charge in [0.25, 0.3) is 0 Å². The molecule has 2 rings (SSSR count). The topological polar surface area (TPSA) is 58.4 Å². The summed E-state index contributed by atoms with van der Waals surface area (Å²) in [6.07, 6.45) is 1.62. The van der Waals surface area contributed by atoms with Crippen LogP contribution >= 0.6 is 35.4 Å². The van der Waals surface area contributed by atoms with Crippen molar-refractivity contribution in [3.05, 3.63) is 28.2 Å². The monoisotopic (exact) mass is 317 g/mol. The predicted octanol–water partition coefficient (Wildman–Crippen LogP) is 2.64. The molecule has 3 N–H and O–H groups in total. The minimum atomic E-state index is -0.356. The maximum absolute atomic E-state index is 11.3. The number of thiocarbonyl (C=S) groups is 1. The van der Waals surface area contributed by atoms with E-state index < -0.39 is 0 Å². The second-order valence-corrected chi connectivity index (χ2v) is 5.60. The van der Waals surface area contributed by atoms with E-state index in [1.807, 2.05) is 0 Å². The van der Waals surface area contributed by atoms with Crippen molar-refractivity contribution in [1.29, 1.82) is 0 Å². The van der Waals surface area contributed by atoms with E-state index in [0.717, 1.165) is 12.8 Å². The Morgan fingerprint density at radius 3 is 2.58 bits per heavy atom. The number of rotatable bonds is 2. The number of nitrogens with one attached hydrogen (secondary N) is 1. The number of likely N-dealkylation sites (tertiary alicyclic amines) is 1. The van der Waals surface area contributed by atoms with Gasteiger partial charge in [0.05, 0.1) is 0 Å². The summed E-state index contributed by atoms with van der Waals surface area (Å²) in [5.74, 6) is -0.356. The van der Waals surface area contributed by atoms with Gasteiger partial charge in [0.1, 0.15) is 6.04 Å². The molecule has 1 atom stereocenters. The first-order valence-corrected chi connectivity index (χ1v) is 6.97. The lowest BCUT2D eigenvalue weighted by atomic mass is 10.2. The lowest BCUT2D eigenvalue weighted by Crippen LogP contribution is -2.45. The van der Waals surface area contributed by atoms with Gasteiger partial charge in [-0.2, -0.15) is 0 Å². The van der Waals surface area contributed by atoms with Crippen LogP contribution in [0.2, 0.25) is 10.0 Å². The van der Waals surface area contributed by atoms with Crippen LogP contribution in [0.15, 0.2) is 18.2 Å². The van der Waals surface area contributed by atoms with Gasteiger partial charge >= 0.3 is 0 Å². The maximum atomic E-state index is 11.3. The van der Waals surface area contributed by atoms with E-state index in [-0.39, 0.29) is 11.9 Å². The number of hydrogen-bond acceptors (Lipinski definition) is 2. The van der Waals surface area contributed by atoms with Crippen LogP contribution in [0.5, 0.6) is 0 Å². The highest BCUT2D eigenvalue weighted by Crippen LogP contribution is 2.24. The van der Waals surface area contributed by atoms with Crippen LogP contribution < -0.4 is 11.1 Å². The number of hydrogen-bond donors (Lipinski definition) is 2. The van der Waals surface area contributed by atoms with Crippen molar-refractivity contribution >= 4 is 52.1 Å². The summed E-state index contributed by atoms with van der Waals surface area (Å²) < 4.78 is 0. The fourth-order valence-corrected chi connectivity index (χ4v) is 2.99. The first-order valence-electron chi connectivity index (χ1n) is 5.80. The van der Waals surface area contributed by atoms with Crippen molar-refractivity contribution < 1.29 is 4.79 Å². The van der Waals surface area contributed by atoms with Gasteiger partial charge in [-0.1, -0.05) is 23.2 Å². The zero-order valence-corrected chi connectivity index (χ0v) is 12.4. The SMILES string of the molecule is NC(=O)[C@H]1CCCN1C(=S)Nc1cc(Cl)cc(Cl)c1. The van der Waals surface area contributed by atoms with Gasteiger partial charge in [-0.15, -0.1) is 0 Å². The summed E-state index contributed by atoms with van der Waals surface area (Å²) in [5, 5.41) is 4.53. The number of benzene rings is 1. The molecule has 19 heavy (non-hydrogen) atoms. The van der Waals surface area contributed by atoms with Crippen LogP contribution in [0.1, 0.15) is 12.8 Å². The smallest absolute Gasteiger partial charge is 0.240 e. The van der Waals surface area contributed by atoms with Crippen molar-refractivity contribution in [2.24, 2.45) is 5.73 Å². The third kappa shape index (κ3) is 3.49. The summed E-state index contributed by atoms with van der Waals surface area (Å²) in [7, 11) is 0. The minimum Gasteiger partial charge on any atom is -0.368 e. The molecular formula is C12H13Cl2N3OS. The van der Waals surface area contributed by atoms with Crippen LogP contribution in [0.3, 0.4) is 0 Å². The molecule has 0 radical (unpaired) electrons. The average Bonchev–Trinajstić information content (AvgIpc) is 2.75. The minimum absolute atomic E-state index is 0.338. The molecule has 1 aliphatic rings. The Labute approximate surface area is 126 Å². The number of carbonyl (C=O) groups excluding carboxylic acids is 1. The molecule has 0 aromatic heterocycles. The molecular weight excluding hydrogens is 305 g/mol. The number of amides is 1. The number of anilines is 1. The molecule has 4 nitrogen and oxygen atoms in total. The first kappa shape index (κ1) is 14.4. The summed E-state index contributed by atoms with van der Waals surface area (Å²) in [4.78, 5) is 13.1. The molecule has 1 amide bonds. The highest BCUT2D eigenvalue weighted by molar-refractivity contribution is 7.80. The third-order valence-electron chi connectivity index (χ3n) is 2.96. The van der Waals surface area contributed by atoms with Crippen LogP contribution in [-0.2, 0) is 4.79 Å². The second kappa shape index (κ2) is 5.94. The summed E-state index contributed by atoms with van der Waals surface area (Å²) in [6, 6.07) is 4.73. The van der Waals surface area contributed by atoms with E-state index in [1.54, 1.807) is 23.1 Å². The largest absolute Gasteiger partial charge is 0.368 e. The molecule has 1 fully saturated rings. The van der Waals surface area contributed by atoms with Crippen LogP contribution in [0.25, 0.3) is 0 Å². The van der Waals surface area contributed by atoms with Gasteiger partial charge in [0, 0.05) is 22.3 Å². The molecule has 0 saturated carbocycles. The average molecular weight is 318 g/mol. The van der Waals surface area contributed by atoms with E-state index in [1.165, 1.54) is 0 Å². The van der Waals surface area contributed by atoms with Gasteiger partial charge < -0.3 is 16.0 Å². The first-order chi connectivity index (χ1) is 8.97. The fourth-order valence-electron chi connectivity index (χ4n) is 2.13. The Hall–Kier alpha value is -1.04. The second-order valence-electron chi connectivity index (χ2n) is 4.34. The Balaban J connectivity index is 2.10. The van der Waals surface area contributed by atoms with E-state index in [0.29, 0.717) is 27.4 Å². The molecule has 0 unspecified atom stereocenters. The predicted molar refractivity (Wildman–Crippen MR) is 81.6 cm³/mol. The van der Waals surface area contributed by atoms with Gasteiger partial charge in [-0.25, -0.2) is 0 Å². The molecule has 1 aliphatic heterocycles. The van der Waals surface area contributed by atoms with Crippen molar-refractivity contribution in [3.8, 4) is 0 Å². The molecule has 0 bridgehead atoms. The molecule has 1 aromatic carbocycles.